The summed E-state index contributed by atoms with van der Waals surface area (Å²) in [6, 6.07) is 19.3. The van der Waals surface area contributed by atoms with Crippen molar-refractivity contribution in [1.82, 2.24) is 9.88 Å². The third kappa shape index (κ3) is 3.49. The summed E-state index contributed by atoms with van der Waals surface area (Å²) in [6.07, 6.45) is 3.98. The minimum atomic E-state index is -0.596. The van der Waals surface area contributed by atoms with E-state index in [1.807, 2.05) is 29.2 Å². The van der Waals surface area contributed by atoms with Crippen LogP contribution in [0.3, 0.4) is 0 Å². The summed E-state index contributed by atoms with van der Waals surface area (Å²) in [5, 5.41) is 0. The Balaban J connectivity index is 1.14. The molecule has 2 atom stereocenters. The molecular formula is C28H25FN2O3. The van der Waals surface area contributed by atoms with E-state index in [1.54, 1.807) is 0 Å². The molecule has 3 aliphatic rings. The predicted octanol–water partition coefficient (Wildman–Crippen LogP) is 5.60. The number of rotatable bonds is 4. The molecule has 2 fully saturated rings. The second kappa shape index (κ2) is 8.35. The average Bonchev–Trinajstić information content (AvgIpc) is 3.33. The van der Waals surface area contributed by atoms with E-state index in [4.69, 9.17) is 4.74 Å². The van der Waals surface area contributed by atoms with Gasteiger partial charge in [-0.2, -0.15) is 4.39 Å². The first kappa shape index (κ1) is 21.0. The highest BCUT2D eigenvalue weighted by molar-refractivity contribution is 5.97. The molecular weight excluding hydrogens is 431 g/mol. The average molecular weight is 457 g/mol. The van der Waals surface area contributed by atoms with Crippen molar-refractivity contribution in [1.29, 1.82) is 0 Å². The first-order chi connectivity index (χ1) is 16.6. The van der Waals surface area contributed by atoms with E-state index in [-0.39, 0.29) is 35.8 Å². The Morgan fingerprint density at radius 3 is 2.12 bits per heavy atom. The van der Waals surface area contributed by atoms with Gasteiger partial charge in [0.2, 0.25) is 5.95 Å². The van der Waals surface area contributed by atoms with Crippen LogP contribution in [0.5, 0.6) is 0 Å². The molecule has 6 heteroatoms. The Morgan fingerprint density at radius 2 is 1.53 bits per heavy atom. The molecule has 172 valence electrons. The lowest BCUT2D eigenvalue weighted by molar-refractivity contribution is 0.0506. The molecule has 3 aromatic rings. The summed E-state index contributed by atoms with van der Waals surface area (Å²) in [5.74, 6) is -0.764. The zero-order chi connectivity index (χ0) is 23.2. The molecule has 5 nitrogen and oxygen atoms in total. The number of fused-ring (bicyclic) bond motifs is 5. The minimum Gasteiger partial charge on any atom is -0.448 e. The zero-order valence-corrected chi connectivity index (χ0v) is 18.7. The van der Waals surface area contributed by atoms with Crippen molar-refractivity contribution >= 4 is 11.9 Å². The second-order valence-corrected chi connectivity index (χ2v) is 9.50. The van der Waals surface area contributed by atoms with Gasteiger partial charge < -0.3 is 9.64 Å². The van der Waals surface area contributed by atoms with Crippen molar-refractivity contribution in [3.8, 4) is 11.1 Å². The summed E-state index contributed by atoms with van der Waals surface area (Å²) < 4.78 is 19.0. The monoisotopic (exact) mass is 456 g/mol. The molecule has 2 saturated heterocycles. The van der Waals surface area contributed by atoms with Gasteiger partial charge in [0.15, 0.2) is 5.78 Å². The number of halogens is 1. The van der Waals surface area contributed by atoms with Gasteiger partial charge in [-0.05, 0) is 60.1 Å². The number of amides is 1. The van der Waals surface area contributed by atoms with Gasteiger partial charge in [-0.1, -0.05) is 48.5 Å². The topological polar surface area (TPSA) is 59.5 Å². The number of nitrogens with zero attached hydrogens (tertiary/aromatic N) is 2. The lowest BCUT2D eigenvalue weighted by atomic mass is 9.85. The van der Waals surface area contributed by atoms with Crippen LogP contribution in [-0.2, 0) is 4.74 Å². The molecule has 2 unspecified atom stereocenters. The number of pyridine rings is 1. The number of benzene rings is 2. The first-order valence-corrected chi connectivity index (χ1v) is 11.9. The van der Waals surface area contributed by atoms with E-state index < -0.39 is 5.95 Å². The number of ketones is 1. The van der Waals surface area contributed by atoms with E-state index in [0.29, 0.717) is 25.0 Å². The first-order valence-electron chi connectivity index (χ1n) is 11.9. The third-order valence-corrected chi connectivity index (χ3v) is 7.66. The number of piperidine rings is 1. The van der Waals surface area contributed by atoms with Crippen LogP contribution in [0.2, 0.25) is 0 Å². The maximum Gasteiger partial charge on any atom is 0.410 e. The van der Waals surface area contributed by atoms with Crippen LogP contribution in [0.25, 0.3) is 11.1 Å². The summed E-state index contributed by atoms with van der Waals surface area (Å²) in [7, 11) is 0. The van der Waals surface area contributed by atoms with Gasteiger partial charge in [-0.25, -0.2) is 9.78 Å². The highest BCUT2D eigenvalue weighted by Crippen LogP contribution is 2.45. The van der Waals surface area contributed by atoms with Gasteiger partial charge in [0.25, 0.3) is 0 Å². The van der Waals surface area contributed by atoms with Gasteiger partial charge in [0.1, 0.15) is 6.61 Å². The van der Waals surface area contributed by atoms with Crippen LogP contribution < -0.4 is 0 Å². The molecule has 0 saturated carbocycles. The van der Waals surface area contributed by atoms with E-state index in [2.05, 4.69) is 29.2 Å². The number of aromatic nitrogens is 1. The highest BCUT2D eigenvalue weighted by atomic mass is 19.1. The van der Waals surface area contributed by atoms with Gasteiger partial charge in [0.05, 0.1) is 0 Å². The lowest BCUT2D eigenvalue weighted by Gasteiger charge is -2.37. The molecule has 2 aliphatic heterocycles. The molecule has 2 bridgehead atoms. The fourth-order valence-electron chi connectivity index (χ4n) is 6.12. The van der Waals surface area contributed by atoms with Crippen LogP contribution in [0.1, 0.15) is 53.1 Å². The van der Waals surface area contributed by atoms with E-state index in [9.17, 15) is 14.0 Å². The summed E-state index contributed by atoms with van der Waals surface area (Å²) in [4.78, 5) is 31.6. The maximum absolute atomic E-state index is 13.2. The Labute approximate surface area is 197 Å². The van der Waals surface area contributed by atoms with Crippen molar-refractivity contribution in [2.24, 2.45) is 5.92 Å². The number of ether oxygens (including phenoxy) is 1. The molecule has 1 aliphatic carbocycles. The fraction of sp³-hybridized carbons (Fsp3) is 0.321. The molecule has 34 heavy (non-hydrogen) atoms. The number of hydrogen-bond acceptors (Lipinski definition) is 4. The van der Waals surface area contributed by atoms with Gasteiger partial charge in [-0.15, -0.1) is 0 Å². The van der Waals surface area contributed by atoms with Crippen molar-refractivity contribution in [3.05, 3.63) is 89.5 Å². The smallest absolute Gasteiger partial charge is 0.410 e. The predicted molar refractivity (Wildman–Crippen MR) is 125 cm³/mol. The minimum absolute atomic E-state index is 0.00300. The van der Waals surface area contributed by atoms with E-state index >= 15 is 0 Å². The number of carbonyl (C=O) groups excluding carboxylic acids is 2. The molecule has 0 spiro atoms. The normalized spacial score (nSPS) is 22.9. The van der Waals surface area contributed by atoms with Gasteiger partial charge in [0, 0.05) is 35.7 Å². The molecule has 6 rings (SSSR count). The van der Waals surface area contributed by atoms with Gasteiger partial charge in [-0.3, -0.25) is 4.79 Å². The molecule has 2 aromatic carbocycles. The van der Waals surface area contributed by atoms with E-state index in [0.717, 1.165) is 12.8 Å². The third-order valence-electron chi connectivity index (χ3n) is 7.66. The molecule has 1 aromatic heterocycles. The van der Waals surface area contributed by atoms with Crippen LogP contribution in [0.15, 0.2) is 66.9 Å². The van der Waals surface area contributed by atoms with Crippen LogP contribution in [0, 0.1) is 11.9 Å². The molecule has 1 amide bonds. The molecule has 0 radical (unpaired) electrons. The van der Waals surface area contributed by atoms with Crippen LogP contribution >= 0.6 is 0 Å². The fourth-order valence-corrected chi connectivity index (χ4v) is 6.12. The summed E-state index contributed by atoms with van der Waals surface area (Å²) in [6.45, 7) is 0.298. The quantitative estimate of drug-likeness (QED) is 0.379. The SMILES string of the molecule is O=C(c1ccc(F)nc1)C1CC2CCC(C1)N2C(=O)OCC1c2ccccc2-c2ccccc21. The van der Waals surface area contributed by atoms with Gasteiger partial charge >= 0.3 is 6.09 Å². The van der Waals surface area contributed by atoms with E-state index in [1.165, 1.54) is 40.6 Å². The Morgan fingerprint density at radius 1 is 0.912 bits per heavy atom. The van der Waals surface area contributed by atoms with Crippen molar-refractivity contribution in [2.45, 2.75) is 43.7 Å². The Kier molecular flexibility index (Phi) is 5.16. The second-order valence-electron chi connectivity index (χ2n) is 9.50. The summed E-state index contributed by atoms with van der Waals surface area (Å²) in [5.41, 5.74) is 5.22. The largest absolute Gasteiger partial charge is 0.448 e. The standard InChI is InChI=1S/C28H25FN2O3/c29-26-12-9-17(15-30-26)27(32)18-13-19-10-11-20(14-18)31(19)28(33)34-16-25-23-7-3-1-5-21(23)22-6-2-4-8-24(22)25/h1-9,12,15,18-20,25H,10-11,13-14,16H2. The Bertz CT molecular complexity index is 1200. The van der Waals surface area contributed by atoms with Crippen molar-refractivity contribution in [3.63, 3.8) is 0 Å². The van der Waals surface area contributed by atoms with Crippen LogP contribution in [-0.4, -0.2) is 40.5 Å². The number of carbonyl (C=O) groups is 2. The summed E-state index contributed by atoms with van der Waals surface area (Å²) >= 11 is 0. The zero-order valence-electron chi connectivity index (χ0n) is 18.7. The van der Waals surface area contributed by atoms with Crippen molar-refractivity contribution in [2.75, 3.05) is 6.61 Å². The van der Waals surface area contributed by atoms with Crippen molar-refractivity contribution < 1.29 is 18.7 Å². The molecule has 3 heterocycles. The number of Topliss-reactive ketones (excluding diaryl/α,β-unsaturated/α-hetero) is 1. The number of hydrogen-bond donors (Lipinski definition) is 0. The molecule has 0 N–H and O–H groups in total. The Hall–Kier alpha value is -3.54. The highest BCUT2D eigenvalue weighted by Gasteiger charge is 2.46. The van der Waals surface area contributed by atoms with Crippen LogP contribution in [0.4, 0.5) is 9.18 Å². The lowest BCUT2D eigenvalue weighted by Crippen LogP contribution is -2.48. The maximum atomic E-state index is 13.2.